The van der Waals surface area contributed by atoms with Crippen molar-refractivity contribution in [1.29, 1.82) is 0 Å². The Labute approximate surface area is 210 Å². The van der Waals surface area contributed by atoms with Gasteiger partial charge in [-0.15, -0.1) is 11.8 Å². The Morgan fingerprint density at radius 2 is 1.06 bits per heavy atom. The van der Waals surface area contributed by atoms with Crippen LogP contribution in [-0.4, -0.2) is 28.9 Å². The molecule has 180 valence electrons. The molecule has 3 rings (SSSR count). The van der Waals surface area contributed by atoms with Crippen LogP contribution in [0, 0.1) is 11.8 Å². The monoisotopic (exact) mass is 484 g/mol. The maximum absolute atomic E-state index is 5.92. The van der Waals surface area contributed by atoms with Crippen molar-refractivity contribution in [3.05, 3.63) is 48.5 Å². The zero-order valence-corrected chi connectivity index (χ0v) is 22.6. The van der Waals surface area contributed by atoms with Crippen molar-refractivity contribution in [3.63, 3.8) is 0 Å². The highest BCUT2D eigenvalue weighted by molar-refractivity contribution is 7.99. The number of rotatable bonds is 10. The Bertz CT molecular complexity index is 808. The van der Waals surface area contributed by atoms with Gasteiger partial charge in [0.05, 0.1) is 11.8 Å². The number of anilines is 4. The molecule has 1 saturated heterocycles. The number of nitrogens with one attached hydrogen (secondary N) is 2. The average Bonchev–Trinajstić information content (AvgIpc) is 2.74. The van der Waals surface area contributed by atoms with Gasteiger partial charge in [0.2, 0.25) is 0 Å². The smallest absolute Gasteiger partial charge is 0.182 e. The first kappa shape index (κ1) is 25.7. The lowest BCUT2D eigenvalue weighted by atomic mass is 10.1. The maximum Gasteiger partial charge on any atom is 0.182 e. The summed E-state index contributed by atoms with van der Waals surface area (Å²) < 4.78 is 0. The molecule has 6 heteroatoms. The van der Waals surface area contributed by atoms with Gasteiger partial charge in [0.1, 0.15) is 0 Å². The molecule has 1 aliphatic heterocycles. The van der Waals surface area contributed by atoms with E-state index in [0.717, 1.165) is 52.5 Å². The molecule has 1 heterocycles. The zero-order chi connectivity index (χ0) is 24.0. The third-order valence-electron chi connectivity index (χ3n) is 5.74. The van der Waals surface area contributed by atoms with E-state index >= 15 is 0 Å². The summed E-state index contributed by atoms with van der Waals surface area (Å²) in [6.07, 6.45) is 2.32. The van der Waals surface area contributed by atoms with Crippen LogP contribution < -0.4 is 20.4 Å². The fourth-order valence-corrected chi connectivity index (χ4v) is 5.92. The van der Waals surface area contributed by atoms with Gasteiger partial charge in [-0.3, -0.25) is 0 Å². The summed E-state index contributed by atoms with van der Waals surface area (Å²) in [5, 5.41) is 8.07. The van der Waals surface area contributed by atoms with Crippen LogP contribution in [0.4, 0.5) is 22.7 Å². The van der Waals surface area contributed by atoms with Gasteiger partial charge in [0.15, 0.2) is 5.11 Å². The summed E-state index contributed by atoms with van der Waals surface area (Å²) in [6.45, 7) is 13.5. The number of thiocarbonyl (C=S) groups is 1. The van der Waals surface area contributed by atoms with Crippen LogP contribution >= 0.6 is 24.0 Å². The van der Waals surface area contributed by atoms with Gasteiger partial charge in [-0.25, -0.2) is 0 Å². The molecule has 2 aromatic carbocycles. The van der Waals surface area contributed by atoms with Gasteiger partial charge >= 0.3 is 0 Å². The van der Waals surface area contributed by atoms with Crippen molar-refractivity contribution >= 4 is 51.8 Å². The molecule has 2 atom stereocenters. The molecule has 0 amide bonds. The van der Waals surface area contributed by atoms with E-state index in [1.807, 2.05) is 11.8 Å². The van der Waals surface area contributed by atoms with Crippen LogP contribution in [-0.2, 0) is 0 Å². The summed E-state index contributed by atoms with van der Waals surface area (Å²) in [5.74, 6) is 3.12. The lowest BCUT2D eigenvalue weighted by Crippen LogP contribution is -2.47. The van der Waals surface area contributed by atoms with E-state index in [9.17, 15) is 0 Å². The predicted octanol–water partition coefficient (Wildman–Crippen LogP) is 7.64. The highest BCUT2D eigenvalue weighted by atomic mass is 32.2. The normalized spacial score (nSPS) is 16.3. The Morgan fingerprint density at radius 1 is 0.697 bits per heavy atom. The third kappa shape index (κ3) is 7.54. The fourth-order valence-electron chi connectivity index (χ4n) is 4.43. The summed E-state index contributed by atoms with van der Waals surface area (Å²) in [5.41, 5.74) is 4.60. The number of hydrogen-bond acceptors (Lipinski definition) is 4. The van der Waals surface area contributed by atoms with E-state index in [1.54, 1.807) is 0 Å². The van der Waals surface area contributed by atoms with Crippen molar-refractivity contribution in [2.45, 2.75) is 66.5 Å². The van der Waals surface area contributed by atoms with Crippen LogP contribution in [0.5, 0.6) is 0 Å². The van der Waals surface area contributed by atoms with Crippen molar-refractivity contribution in [2.24, 2.45) is 11.8 Å². The summed E-state index contributed by atoms with van der Waals surface area (Å²) in [4.78, 5) is 4.45. The minimum absolute atomic E-state index is 0.462. The summed E-state index contributed by atoms with van der Waals surface area (Å²) >= 11 is 7.80. The molecule has 2 unspecified atom stereocenters. The molecule has 2 aromatic rings. The molecule has 0 aliphatic carbocycles. The Kier molecular flexibility index (Phi) is 9.33. The first-order valence-corrected chi connectivity index (χ1v) is 13.7. The third-order valence-corrected chi connectivity index (χ3v) is 7.06. The average molecular weight is 485 g/mol. The van der Waals surface area contributed by atoms with Gasteiger partial charge in [0.25, 0.3) is 0 Å². The molecule has 0 radical (unpaired) electrons. The van der Waals surface area contributed by atoms with E-state index < -0.39 is 0 Å². The predicted molar refractivity (Wildman–Crippen MR) is 153 cm³/mol. The Balaban J connectivity index is 1.63. The van der Waals surface area contributed by atoms with Crippen molar-refractivity contribution in [1.82, 2.24) is 0 Å². The standard InChI is InChI=1S/C27H40N4S2/c1-19(2)15-21(5)28-23-7-11-25(12-8-23)30-17-33-18-31(27(30)32)26-13-9-24(10-14-26)29-22(6)16-20(3)4/h7-14,19-22,28-29H,15-18H2,1-6H3. The number of nitrogens with zero attached hydrogens (tertiary/aromatic N) is 2. The van der Waals surface area contributed by atoms with Crippen LogP contribution in [0.1, 0.15) is 54.4 Å². The molecule has 0 saturated carbocycles. The second-order valence-corrected chi connectivity index (χ2v) is 11.3. The molecule has 0 bridgehead atoms. The van der Waals surface area contributed by atoms with Gasteiger partial charge in [-0.2, -0.15) is 0 Å². The van der Waals surface area contributed by atoms with Gasteiger partial charge in [-0.05, 0) is 99.3 Å². The van der Waals surface area contributed by atoms with Crippen molar-refractivity contribution in [2.75, 3.05) is 32.2 Å². The minimum atomic E-state index is 0.462. The number of benzene rings is 2. The van der Waals surface area contributed by atoms with Crippen LogP contribution in [0.3, 0.4) is 0 Å². The topological polar surface area (TPSA) is 30.5 Å². The Morgan fingerprint density at radius 3 is 1.39 bits per heavy atom. The van der Waals surface area contributed by atoms with Gasteiger partial charge in [0, 0.05) is 34.8 Å². The van der Waals surface area contributed by atoms with Crippen molar-refractivity contribution in [3.8, 4) is 0 Å². The molecule has 2 N–H and O–H groups in total. The van der Waals surface area contributed by atoms with E-state index in [4.69, 9.17) is 12.2 Å². The molecule has 4 nitrogen and oxygen atoms in total. The summed E-state index contributed by atoms with van der Waals surface area (Å²) in [7, 11) is 0. The SMILES string of the molecule is CC(C)CC(C)Nc1ccc(N2CSCN(c3ccc(NC(C)CC(C)C)cc3)C2=S)cc1. The fraction of sp³-hybridized carbons (Fsp3) is 0.519. The van der Waals surface area contributed by atoms with Crippen molar-refractivity contribution < 1.29 is 0 Å². The van der Waals surface area contributed by atoms with Crippen LogP contribution in [0.25, 0.3) is 0 Å². The minimum Gasteiger partial charge on any atom is -0.383 e. The largest absolute Gasteiger partial charge is 0.383 e. The van der Waals surface area contributed by atoms with Crippen LogP contribution in [0.15, 0.2) is 48.5 Å². The van der Waals surface area contributed by atoms with Gasteiger partial charge in [-0.1, -0.05) is 27.7 Å². The van der Waals surface area contributed by atoms with E-state index in [2.05, 4.69) is 111 Å². The first-order valence-electron chi connectivity index (χ1n) is 12.1. The summed E-state index contributed by atoms with van der Waals surface area (Å²) in [6, 6.07) is 18.3. The molecule has 0 spiro atoms. The highest BCUT2D eigenvalue weighted by Crippen LogP contribution is 2.30. The maximum atomic E-state index is 5.92. The molecular weight excluding hydrogens is 444 g/mol. The molecule has 0 aromatic heterocycles. The molecule has 1 aliphatic rings. The number of thioether (sulfide) groups is 1. The lowest BCUT2D eigenvalue weighted by Gasteiger charge is -2.38. The second kappa shape index (κ2) is 12.0. The van der Waals surface area contributed by atoms with Gasteiger partial charge < -0.3 is 20.4 Å². The quantitative estimate of drug-likeness (QED) is 0.337. The lowest BCUT2D eigenvalue weighted by molar-refractivity contribution is 0.539. The molecule has 1 fully saturated rings. The van der Waals surface area contributed by atoms with E-state index in [0.29, 0.717) is 23.9 Å². The van der Waals surface area contributed by atoms with E-state index in [1.165, 1.54) is 0 Å². The van der Waals surface area contributed by atoms with Crippen LogP contribution in [0.2, 0.25) is 0 Å². The highest BCUT2D eigenvalue weighted by Gasteiger charge is 2.25. The molecule has 33 heavy (non-hydrogen) atoms. The zero-order valence-electron chi connectivity index (χ0n) is 21.0. The Hall–Kier alpha value is -1.92. The second-order valence-electron chi connectivity index (χ2n) is 10.0. The molecular formula is C27H40N4S2. The first-order chi connectivity index (χ1) is 15.7. The number of hydrogen-bond donors (Lipinski definition) is 2. The van der Waals surface area contributed by atoms with E-state index in [-0.39, 0.29) is 0 Å².